The molecule has 0 saturated carbocycles. The maximum Gasteiger partial charge on any atom is 0.311 e. The van der Waals surface area contributed by atoms with E-state index in [4.69, 9.17) is 4.74 Å². The van der Waals surface area contributed by atoms with Crippen LogP contribution >= 0.6 is 0 Å². The molecule has 0 fully saturated rings. The Kier molecular flexibility index (Phi) is 4.81. The van der Waals surface area contributed by atoms with Gasteiger partial charge in [0.05, 0.1) is 0 Å². The molecule has 0 aliphatic rings. The van der Waals surface area contributed by atoms with E-state index in [9.17, 15) is 9.18 Å². The molecule has 0 amide bonds. The summed E-state index contributed by atoms with van der Waals surface area (Å²) in [7, 11) is 0. The minimum atomic E-state index is -0.395. The molecular weight excluding hydrogens is 195 g/mol. The van der Waals surface area contributed by atoms with Gasteiger partial charge in [0.1, 0.15) is 11.6 Å². The maximum atomic E-state index is 12.7. The number of carbonyl (C=O) groups excluding carboxylic acids is 1. The van der Waals surface area contributed by atoms with Crippen molar-refractivity contribution in [3.63, 3.8) is 0 Å². The summed E-state index contributed by atoms with van der Waals surface area (Å²) in [6.07, 6.45) is 3.29. The van der Waals surface area contributed by atoms with Crippen molar-refractivity contribution in [1.82, 2.24) is 0 Å². The van der Waals surface area contributed by atoms with Crippen molar-refractivity contribution in [2.75, 3.05) is 0 Å². The van der Waals surface area contributed by atoms with Crippen LogP contribution in [0.4, 0.5) is 4.39 Å². The number of ether oxygens (including phenoxy) is 1. The first-order valence-electron chi connectivity index (χ1n) is 5.18. The maximum absolute atomic E-state index is 12.7. The highest BCUT2D eigenvalue weighted by atomic mass is 19.1. The van der Waals surface area contributed by atoms with Gasteiger partial charge in [0.25, 0.3) is 0 Å². The molecule has 1 aromatic carbocycles. The van der Waals surface area contributed by atoms with Gasteiger partial charge in [0.2, 0.25) is 0 Å². The third kappa shape index (κ3) is 4.58. The molecule has 0 aliphatic carbocycles. The summed E-state index contributed by atoms with van der Waals surface area (Å²) in [5, 5.41) is 0. The smallest absolute Gasteiger partial charge is 0.311 e. The van der Waals surface area contributed by atoms with E-state index in [-0.39, 0.29) is 11.7 Å². The molecule has 1 aromatic rings. The second kappa shape index (κ2) is 6.17. The van der Waals surface area contributed by atoms with Crippen LogP contribution in [-0.2, 0) is 4.79 Å². The Morgan fingerprint density at radius 3 is 2.87 bits per heavy atom. The number of hydrogen-bond acceptors (Lipinski definition) is 2. The zero-order chi connectivity index (χ0) is 11.1. The molecule has 0 aliphatic heterocycles. The van der Waals surface area contributed by atoms with Crippen LogP contribution in [0, 0.1) is 5.82 Å². The highest BCUT2D eigenvalue weighted by molar-refractivity contribution is 5.72. The minimum absolute atomic E-state index is 0.275. The van der Waals surface area contributed by atoms with Gasteiger partial charge in [-0.15, -0.1) is 0 Å². The zero-order valence-electron chi connectivity index (χ0n) is 8.83. The predicted molar refractivity (Wildman–Crippen MR) is 56.2 cm³/mol. The molecule has 0 bridgehead atoms. The fourth-order valence-corrected chi connectivity index (χ4v) is 1.23. The van der Waals surface area contributed by atoms with Crippen LogP contribution in [0.1, 0.15) is 32.6 Å². The molecule has 1 rings (SSSR count). The molecule has 0 unspecified atom stereocenters. The lowest BCUT2D eigenvalue weighted by Crippen LogP contribution is -2.07. The van der Waals surface area contributed by atoms with Gasteiger partial charge in [-0.05, 0) is 18.6 Å². The Labute approximate surface area is 89.1 Å². The van der Waals surface area contributed by atoms with Crippen molar-refractivity contribution in [1.29, 1.82) is 0 Å². The average molecular weight is 210 g/mol. The minimum Gasteiger partial charge on any atom is -0.426 e. The van der Waals surface area contributed by atoms with Crippen molar-refractivity contribution in [3.8, 4) is 5.75 Å². The van der Waals surface area contributed by atoms with Gasteiger partial charge in [-0.1, -0.05) is 25.8 Å². The second-order valence-corrected chi connectivity index (χ2v) is 3.39. The van der Waals surface area contributed by atoms with E-state index >= 15 is 0 Å². The first kappa shape index (κ1) is 11.7. The van der Waals surface area contributed by atoms with Crippen LogP contribution < -0.4 is 4.74 Å². The van der Waals surface area contributed by atoms with Crippen LogP contribution in [0.2, 0.25) is 0 Å². The van der Waals surface area contributed by atoms with Crippen molar-refractivity contribution < 1.29 is 13.9 Å². The highest BCUT2D eigenvalue weighted by Crippen LogP contribution is 2.13. The number of halogens is 1. The van der Waals surface area contributed by atoms with E-state index in [0.29, 0.717) is 6.42 Å². The Balaban J connectivity index is 2.37. The molecule has 2 nitrogen and oxygen atoms in total. The molecule has 0 N–H and O–H groups in total. The molecule has 0 heterocycles. The third-order valence-electron chi connectivity index (χ3n) is 2.01. The lowest BCUT2D eigenvalue weighted by Gasteiger charge is -2.03. The summed E-state index contributed by atoms with van der Waals surface area (Å²) in [6.45, 7) is 2.07. The summed E-state index contributed by atoms with van der Waals surface area (Å²) >= 11 is 0. The summed E-state index contributed by atoms with van der Waals surface area (Å²) in [5.74, 6) is -0.417. The molecule has 15 heavy (non-hydrogen) atoms. The van der Waals surface area contributed by atoms with Gasteiger partial charge >= 0.3 is 5.97 Å². The molecule has 0 atom stereocenters. The normalized spacial score (nSPS) is 10.0. The number of benzene rings is 1. The van der Waals surface area contributed by atoms with Crippen LogP contribution in [0.15, 0.2) is 24.3 Å². The van der Waals surface area contributed by atoms with E-state index in [1.165, 1.54) is 18.2 Å². The molecule has 0 aromatic heterocycles. The first-order valence-corrected chi connectivity index (χ1v) is 5.18. The zero-order valence-corrected chi connectivity index (χ0v) is 8.83. The van der Waals surface area contributed by atoms with Crippen LogP contribution in [0.3, 0.4) is 0 Å². The van der Waals surface area contributed by atoms with Crippen molar-refractivity contribution in [2.24, 2.45) is 0 Å². The van der Waals surface area contributed by atoms with E-state index in [1.807, 2.05) is 0 Å². The summed E-state index contributed by atoms with van der Waals surface area (Å²) in [5.41, 5.74) is 0. The molecule has 0 spiro atoms. The Bertz CT molecular complexity index is 323. The molecule has 0 radical (unpaired) electrons. The Morgan fingerprint density at radius 1 is 1.40 bits per heavy atom. The van der Waals surface area contributed by atoms with Crippen LogP contribution in [0.25, 0.3) is 0 Å². The van der Waals surface area contributed by atoms with Gasteiger partial charge in [0, 0.05) is 12.5 Å². The number of hydrogen-bond donors (Lipinski definition) is 0. The highest BCUT2D eigenvalue weighted by Gasteiger charge is 2.04. The van der Waals surface area contributed by atoms with Crippen molar-refractivity contribution >= 4 is 5.97 Å². The summed E-state index contributed by atoms with van der Waals surface area (Å²) in [4.78, 5) is 11.3. The quantitative estimate of drug-likeness (QED) is 0.423. The van der Waals surface area contributed by atoms with E-state index in [1.54, 1.807) is 6.07 Å². The van der Waals surface area contributed by atoms with E-state index in [0.717, 1.165) is 19.3 Å². The van der Waals surface area contributed by atoms with Crippen LogP contribution in [0.5, 0.6) is 5.75 Å². The molecule has 3 heteroatoms. The summed E-state index contributed by atoms with van der Waals surface area (Å²) < 4.78 is 17.7. The largest absolute Gasteiger partial charge is 0.426 e. The number of esters is 1. The van der Waals surface area contributed by atoms with Crippen molar-refractivity contribution in [3.05, 3.63) is 30.1 Å². The second-order valence-electron chi connectivity index (χ2n) is 3.39. The van der Waals surface area contributed by atoms with Gasteiger partial charge in [-0.2, -0.15) is 0 Å². The van der Waals surface area contributed by atoms with E-state index < -0.39 is 5.82 Å². The Morgan fingerprint density at radius 2 is 2.20 bits per heavy atom. The van der Waals surface area contributed by atoms with E-state index in [2.05, 4.69) is 6.92 Å². The molecule has 82 valence electrons. The molecule has 0 saturated heterocycles. The van der Waals surface area contributed by atoms with Gasteiger partial charge in [0.15, 0.2) is 0 Å². The predicted octanol–water partition coefficient (Wildman–Crippen LogP) is 3.31. The summed E-state index contributed by atoms with van der Waals surface area (Å²) in [6, 6.07) is 5.61. The lowest BCUT2D eigenvalue weighted by molar-refractivity contribution is -0.134. The number of unbranched alkanes of at least 4 members (excludes halogenated alkanes) is 2. The van der Waals surface area contributed by atoms with Crippen molar-refractivity contribution in [2.45, 2.75) is 32.6 Å². The monoisotopic (exact) mass is 210 g/mol. The molecular formula is C12H15FO2. The van der Waals surface area contributed by atoms with Gasteiger partial charge < -0.3 is 4.74 Å². The Hall–Kier alpha value is -1.38. The average Bonchev–Trinajstić information content (AvgIpc) is 2.18. The topological polar surface area (TPSA) is 26.3 Å². The SMILES string of the molecule is CCCCCC(=O)Oc1cccc(F)c1. The third-order valence-corrected chi connectivity index (χ3v) is 2.01. The van der Waals surface area contributed by atoms with Crippen LogP contribution in [-0.4, -0.2) is 5.97 Å². The first-order chi connectivity index (χ1) is 7.22. The number of carbonyl (C=O) groups is 1. The van der Waals surface area contributed by atoms with Gasteiger partial charge in [-0.25, -0.2) is 4.39 Å². The standard InChI is InChI=1S/C12H15FO2/c1-2-3-4-8-12(14)15-11-7-5-6-10(13)9-11/h5-7,9H,2-4,8H2,1H3. The lowest BCUT2D eigenvalue weighted by atomic mass is 10.2. The fourth-order valence-electron chi connectivity index (χ4n) is 1.23. The fraction of sp³-hybridized carbons (Fsp3) is 0.417. The number of rotatable bonds is 5. The van der Waals surface area contributed by atoms with Gasteiger partial charge in [-0.3, -0.25) is 4.79 Å².